The molecule has 1 aliphatic heterocycles. The molecule has 2 atom stereocenters. The van der Waals surface area contributed by atoms with Crippen LogP contribution in [-0.2, 0) is 9.53 Å². The molecule has 0 spiro atoms. The van der Waals surface area contributed by atoms with E-state index in [2.05, 4.69) is 5.32 Å². The zero-order valence-electron chi connectivity index (χ0n) is 8.22. The van der Waals surface area contributed by atoms with E-state index in [0.717, 1.165) is 5.56 Å². The summed E-state index contributed by atoms with van der Waals surface area (Å²) in [6.07, 6.45) is -0.391. The zero-order chi connectivity index (χ0) is 10.7. The molecule has 1 fully saturated rings. The molecule has 4 nitrogen and oxygen atoms in total. The summed E-state index contributed by atoms with van der Waals surface area (Å²) in [4.78, 5) is 11.0. The van der Waals surface area contributed by atoms with Crippen molar-refractivity contribution < 1.29 is 14.6 Å². The van der Waals surface area contributed by atoms with E-state index in [1.807, 2.05) is 30.3 Å². The highest BCUT2D eigenvalue weighted by molar-refractivity contribution is 5.74. The molecule has 0 bridgehead atoms. The number of hydrogen-bond acceptors (Lipinski definition) is 3. The minimum absolute atomic E-state index is 0.391. The molecule has 1 saturated heterocycles. The van der Waals surface area contributed by atoms with Crippen molar-refractivity contribution in [1.82, 2.24) is 5.32 Å². The fraction of sp³-hybridized carbons (Fsp3) is 0.364. The van der Waals surface area contributed by atoms with E-state index in [4.69, 9.17) is 9.84 Å². The molecule has 0 radical (unpaired) electrons. The number of morpholine rings is 1. The first-order valence-corrected chi connectivity index (χ1v) is 4.92. The maximum atomic E-state index is 11.0. The number of aliphatic carboxylic acids is 1. The Morgan fingerprint density at radius 3 is 2.80 bits per heavy atom. The summed E-state index contributed by atoms with van der Waals surface area (Å²) in [5.74, 6) is -0.872. The third kappa shape index (κ3) is 2.16. The molecule has 1 aromatic carbocycles. The highest BCUT2D eigenvalue weighted by atomic mass is 16.5. The lowest BCUT2D eigenvalue weighted by Gasteiger charge is -2.30. The van der Waals surface area contributed by atoms with E-state index >= 15 is 0 Å². The van der Waals surface area contributed by atoms with Crippen molar-refractivity contribution in [1.29, 1.82) is 0 Å². The Labute approximate surface area is 87.9 Å². The standard InChI is InChI=1S/C11H13NO3/c13-11(14)9-10(15-7-6-12-9)8-4-2-1-3-5-8/h1-5,9-10,12H,6-7H2,(H,13,14)/t9-,10+/m1/s1. The Morgan fingerprint density at radius 2 is 2.13 bits per heavy atom. The van der Waals surface area contributed by atoms with Gasteiger partial charge >= 0.3 is 5.97 Å². The van der Waals surface area contributed by atoms with Gasteiger partial charge in [0.1, 0.15) is 12.1 Å². The summed E-state index contributed by atoms with van der Waals surface area (Å²) in [6.45, 7) is 1.13. The first-order valence-electron chi connectivity index (χ1n) is 4.92. The second-order valence-corrected chi connectivity index (χ2v) is 3.47. The monoisotopic (exact) mass is 207 g/mol. The lowest BCUT2D eigenvalue weighted by Crippen LogP contribution is -2.48. The molecule has 15 heavy (non-hydrogen) atoms. The molecule has 0 amide bonds. The molecule has 4 heteroatoms. The van der Waals surface area contributed by atoms with Crippen molar-refractivity contribution in [2.45, 2.75) is 12.1 Å². The second-order valence-electron chi connectivity index (χ2n) is 3.47. The van der Waals surface area contributed by atoms with E-state index in [1.54, 1.807) is 0 Å². The van der Waals surface area contributed by atoms with Crippen LogP contribution in [0.15, 0.2) is 30.3 Å². The number of ether oxygens (including phenoxy) is 1. The number of rotatable bonds is 2. The van der Waals surface area contributed by atoms with Crippen LogP contribution in [0.4, 0.5) is 0 Å². The lowest BCUT2D eigenvalue weighted by atomic mass is 10.0. The molecule has 2 rings (SSSR count). The fourth-order valence-corrected chi connectivity index (χ4v) is 1.75. The molecule has 0 saturated carbocycles. The third-order valence-corrected chi connectivity index (χ3v) is 2.46. The predicted octanol–water partition coefficient (Wildman–Crippen LogP) is 0.801. The number of nitrogens with one attached hydrogen (secondary N) is 1. The number of carbonyl (C=O) groups is 1. The Bertz CT molecular complexity index is 339. The highest BCUT2D eigenvalue weighted by Gasteiger charge is 2.32. The molecule has 2 N–H and O–H groups in total. The van der Waals surface area contributed by atoms with Gasteiger partial charge < -0.3 is 9.84 Å². The van der Waals surface area contributed by atoms with Gasteiger partial charge in [-0.2, -0.15) is 0 Å². The van der Waals surface area contributed by atoms with E-state index in [1.165, 1.54) is 0 Å². The van der Waals surface area contributed by atoms with Crippen LogP contribution in [0, 0.1) is 0 Å². The topological polar surface area (TPSA) is 58.6 Å². The Kier molecular flexibility index (Phi) is 2.99. The van der Waals surface area contributed by atoms with Crippen molar-refractivity contribution in [2.75, 3.05) is 13.2 Å². The molecule has 0 aliphatic carbocycles. The van der Waals surface area contributed by atoms with Gasteiger partial charge in [0.2, 0.25) is 0 Å². The number of carboxylic acids is 1. The Hall–Kier alpha value is -1.39. The molecule has 1 aromatic rings. The van der Waals surface area contributed by atoms with Gasteiger partial charge in [0.25, 0.3) is 0 Å². The quantitative estimate of drug-likeness (QED) is 0.753. The SMILES string of the molecule is O=C(O)[C@@H]1NCCO[C@H]1c1ccccc1. The smallest absolute Gasteiger partial charge is 0.323 e. The predicted molar refractivity (Wildman–Crippen MR) is 54.6 cm³/mol. The maximum absolute atomic E-state index is 11.0. The molecule has 1 aliphatic rings. The normalized spacial score (nSPS) is 26.1. The van der Waals surface area contributed by atoms with Gasteiger partial charge in [-0.25, -0.2) is 0 Å². The van der Waals surface area contributed by atoms with Crippen molar-refractivity contribution in [3.63, 3.8) is 0 Å². The first kappa shape index (κ1) is 10.1. The van der Waals surface area contributed by atoms with Crippen LogP contribution >= 0.6 is 0 Å². The van der Waals surface area contributed by atoms with Gasteiger partial charge in [-0.05, 0) is 5.56 Å². The fourth-order valence-electron chi connectivity index (χ4n) is 1.75. The molecule has 0 aromatic heterocycles. The lowest BCUT2D eigenvalue weighted by molar-refractivity contribution is -0.146. The number of benzene rings is 1. The average molecular weight is 207 g/mol. The van der Waals surface area contributed by atoms with Crippen LogP contribution < -0.4 is 5.32 Å². The average Bonchev–Trinajstić information content (AvgIpc) is 2.30. The van der Waals surface area contributed by atoms with Gasteiger partial charge in [0.05, 0.1) is 6.61 Å². The summed E-state index contributed by atoms with van der Waals surface area (Å²) in [7, 11) is 0. The van der Waals surface area contributed by atoms with Crippen molar-refractivity contribution >= 4 is 5.97 Å². The highest BCUT2D eigenvalue weighted by Crippen LogP contribution is 2.23. The van der Waals surface area contributed by atoms with E-state index < -0.39 is 18.1 Å². The molecule has 0 unspecified atom stereocenters. The van der Waals surface area contributed by atoms with Gasteiger partial charge in [-0.3, -0.25) is 10.1 Å². The van der Waals surface area contributed by atoms with E-state index in [-0.39, 0.29) is 0 Å². The summed E-state index contributed by atoms with van der Waals surface area (Å²) >= 11 is 0. The van der Waals surface area contributed by atoms with Crippen LogP contribution in [-0.4, -0.2) is 30.3 Å². The van der Waals surface area contributed by atoms with Crippen molar-refractivity contribution in [2.24, 2.45) is 0 Å². The van der Waals surface area contributed by atoms with Crippen LogP contribution in [0.2, 0.25) is 0 Å². The van der Waals surface area contributed by atoms with Crippen molar-refractivity contribution in [3.8, 4) is 0 Å². The molecular weight excluding hydrogens is 194 g/mol. The molecule has 80 valence electrons. The third-order valence-electron chi connectivity index (χ3n) is 2.46. The van der Waals surface area contributed by atoms with Gasteiger partial charge in [0, 0.05) is 6.54 Å². The van der Waals surface area contributed by atoms with Gasteiger partial charge in [-0.15, -0.1) is 0 Å². The molecular formula is C11H13NO3. The van der Waals surface area contributed by atoms with Crippen molar-refractivity contribution in [3.05, 3.63) is 35.9 Å². The first-order chi connectivity index (χ1) is 7.29. The largest absolute Gasteiger partial charge is 0.480 e. The minimum Gasteiger partial charge on any atom is -0.480 e. The Morgan fingerprint density at radius 1 is 1.40 bits per heavy atom. The Balaban J connectivity index is 2.22. The van der Waals surface area contributed by atoms with E-state index in [9.17, 15) is 4.79 Å². The number of carboxylic acid groups (broad SMARTS) is 1. The summed E-state index contributed by atoms with van der Waals surface area (Å²) < 4.78 is 5.49. The minimum atomic E-state index is -0.872. The van der Waals surface area contributed by atoms with Crippen LogP contribution in [0.3, 0.4) is 0 Å². The maximum Gasteiger partial charge on any atom is 0.323 e. The second kappa shape index (κ2) is 4.42. The van der Waals surface area contributed by atoms with Crippen LogP contribution in [0.5, 0.6) is 0 Å². The van der Waals surface area contributed by atoms with Crippen LogP contribution in [0.25, 0.3) is 0 Å². The summed E-state index contributed by atoms with van der Waals surface area (Å²) in [5, 5.41) is 12.0. The number of hydrogen-bond donors (Lipinski definition) is 2. The molecule has 1 heterocycles. The summed E-state index contributed by atoms with van der Waals surface area (Å²) in [6, 6.07) is 8.77. The van der Waals surface area contributed by atoms with E-state index in [0.29, 0.717) is 13.2 Å². The van der Waals surface area contributed by atoms with Crippen LogP contribution in [0.1, 0.15) is 11.7 Å². The van der Waals surface area contributed by atoms with Gasteiger partial charge in [-0.1, -0.05) is 30.3 Å². The zero-order valence-corrected chi connectivity index (χ0v) is 8.22. The van der Waals surface area contributed by atoms with Gasteiger partial charge in [0.15, 0.2) is 0 Å². The summed E-state index contributed by atoms with van der Waals surface area (Å²) in [5.41, 5.74) is 0.900.